The van der Waals surface area contributed by atoms with Crippen LogP contribution in [0.5, 0.6) is 0 Å². The summed E-state index contributed by atoms with van der Waals surface area (Å²) in [6.07, 6.45) is 2.45. The van der Waals surface area contributed by atoms with Crippen molar-refractivity contribution in [2.45, 2.75) is 26.2 Å². The predicted octanol–water partition coefficient (Wildman–Crippen LogP) is 0.0360. The number of nitrogens with one attached hydrogen (secondary N) is 3. The molecule has 0 aliphatic heterocycles. The molecule has 22 heavy (non-hydrogen) atoms. The molecule has 0 fully saturated rings. The number of likely N-dealkylation sites (N-methyl/N-ethyl adjacent to an activating group) is 1. The second kappa shape index (κ2) is 14.6. The highest BCUT2D eigenvalue weighted by Gasteiger charge is 2.02. The zero-order valence-corrected chi connectivity index (χ0v) is 14.6. The van der Waals surface area contributed by atoms with Gasteiger partial charge in [-0.25, -0.2) is 0 Å². The third-order valence-corrected chi connectivity index (χ3v) is 3.11. The van der Waals surface area contributed by atoms with Crippen molar-refractivity contribution in [2.75, 3.05) is 60.5 Å². The summed E-state index contributed by atoms with van der Waals surface area (Å²) >= 11 is 0. The number of aliphatic imine (C=N–C) groups is 1. The van der Waals surface area contributed by atoms with Crippen LogP contribution in [0.3, 0.4) is 0 Å². The zero-order chi connectivity index (χ0) is 16.6. The van der Waals surface area contributed by atoms with Crippen LogP contribution < -0.4 is 16.0 Å². The van der Waals surface area contributed by atoms with Gasteiger partial charge in [-0.05, 0) is 19.9 Å². The molecule has 0 aliphatic carbocycles. The standard InChI is InChI=1S/C15H33N5O2/c1-5-8-17-14(21)7-9-18-15(16-2)19-10-12-20(3)11-6-13-22-4/h5-13H2,1-4H3,(H,17,21)(H2,16,18,19). The van der Waals surface area contributed by atoms with Crippen molar-refractivity contribution in [1.82, 2.24) is 20.9 Å². The monoisotopic (exact) mass is 315 g/mol. The van der Waals surface area contributed by atoms with E-state index >= 15 is 0 Å². The van der Waals surface area contributed by atoms with Gasteiger partial charge >= 0.3 is 0 Å². The summed E-state index contributed by atoms with van der Waals surface area (Å²) in [6, 6.07) is 0. The van der Waals surface area contributed by atoms with Crippen molar-refractivity contribution < 1.29 is 9.53 Å². The predicted molar refractivity (Wildman–Crippen MR) is 91.3 cm³/mol. The molecule has 0 saturated heterocycles. The van der Waals surface area contributed by atoms with Crippen LogP contribution in [0.15, 0.2) is 4.99 Å². The summed E-state index contributed by atoms with van der Waals surface area (Å²) < 4.78 is 5.04. The van der Waals surface area contributed by atoms with E-state index in [1.165, 1.54) is 0 Å². The Bertz CT molecular complexity index is 310. The third kappa shape index (κ3) is 12.4. The minimum atomic E-state index is 0.0719. The first-order valence-electron chi connectivity index (χ1n) is 8.02. The Balaban J connectivity index is 3.69. The van der Waals surface area contributed by atoms with E-state index in [0.29, 0.717) is 13.0 Å². The molecule has 0 radical (unpaired) electrons. The lowest BCUT2D eigenvalue weighted by Gasteiger charge is -2.18. The molecule has 0 aromatic heterocycles. The van der Waals surface area contributed by atoms with E-state index in [2.05, 4.69) is 32.9 Å². The van der Waals surface area contributed by atoms with Crippen LogP contribution in [0, 0.1) is 0 Å². The van der Waals surface area contributed by atoms with Gasteiger partial charge in [0, 0.05) is 59.9 Å². The topological polar surface area (TPSA) is 78.0 Å². The SMILES string of the molecule is CCCNC(=O)CCNC(=NC)NCCN(C)CCCOC. The molecule has 0 aromatic carbocycles. The van der Waals surface area contributed by atoms with Gasteiger partial charge in [0.15, 0.2) is 5.96 Å². The molecule has 1 amide bonds. The van der Waals surface area contributed by atoms with E-state index in [1.807, 2.05) is 6.92 Å². The molecule has 0 rings (SSSR count). The molecule has 0 unspecified atom stereocenters. The van der Waals surface area contributed by atoms with Gasteiger partial charge in [0.1, 0.15) is 0 Å². The average Bonchev–Trinajstić information content (AvgIpc) is 2.51. The van der Waals surface area contributed by atoms with Gasteiger partial charge in [-0.2, -0.15) is 0 Å². The molecule has 0 bridgehead atoms. The van der Waals surface area contributed by atoms with Crippen LogP contribution in [-0.2, 0) is 9.53 Å². The van der Waals surface area contributed by atoms with Crippen molar-refractivity contribution >= 4 is 11.9 Å². The summed E-state index contributed by atoms with van der Waals surface area (Å²) in [6.45, 7) is 6.91. The van der Waals surface area contributed by atoms with Gasteiger partial charge in [0.05, 0.1) is 0 Å². The van der Waals surface area contributed by atoms with Crippen LogP contribution in [0.2, 0.25) is 0 Å². The summed E-state index contributed by atoms with van der Waals surface area (Å²) in [7, 11) is 5.54. The third-order valence-electron chi connectivity index (χ3n) is 3.11. The lowest BCUT2D eigenvalue weighted by Crippen LogP contribution is -2.42. The van der Waals surface area contributed by atoms with Crippen molar-refractivity contribution in [1.29, 1.82) is 0 Å². The fraction of sp³-hybridized carbons (Fsp3) is 0.867. The van der Waals surface area contributed by atoms with Crippen LogP contribution in [0.25, 0.3) is 0 Å². The first kappa shape index (κ1) is 20.7. The minimum absolute atomic E-state index is 0.0719. The van der Waals surface area contributed by atoms with Crippen molar-refractivity contribution in [3.05, 3.63) is 0 Å². The Morgan fingerprint density at radius 2 is 1.86 bits per heavy atom. The highest BCUT2D eigenvalue weighted by Crippen LogP contribution is 1.87. The van der Waals surface area contributed by atoms with Crippen LogP contribution in [0.1, 0.15) is 26.2 Å². The zero-order valence-electron chi connectivity index (χ0n) is 14.6. The fourth-order valence-corrected chi connectivity index (χ4v) is 1.82. The Kier molecular flexibility index (Phi) is 13.7. The number of carbonyl (C=O) groups is 1. The second-order valence-electron chi connectivity index (χ2n) is 5.18. The first-order valence-corrected chi connectivity index (χ1v) is 8.02. The van der Waals surface area contributed by atoms with Crippen LogP contribution >= 0.6 is 0 Å². The molecule has 0 atom stereocenters. The molecular weight excluding hydrogens is 282 g/mol. The van der Waals surface area contributed by atoms with Gasteiger partial charge in [-0.1, -0.05) is 6.92 Å². The van der Waals surface area contributed by atoms with Gasteiger partial charge in [0.25, 0.3) is 0 Å². The minimum Gasteiger partial charge on any atom is -0.385 e. The normalized spacial score (nSPS) is 11.6. The second-order valence-corrected chi connectivity index (χ2v) is 5.18. The van der Waals surface area contributed by atoms with E-state index in [0.717, 1.165) is 51.6 Å². The van der Waals surface area contributed by atoms with Gasteiger partial charge < -0.3 is 25.6 Å². The smallest absolute Gasteiger partial charge is 0.221 e. The largest absolute Gasteiger partial charge is 0.385 e. The molecular formula is C15H33N5O2. The number of ether oxygens (including phenoxy) is 1. The van der Waals surface area contributed by atoms with Gasteiger partial charge in [-0.15, -0.1) is 0 Å². The number of methoxy groups -OCH3 is 1. The van der Waals surface area contributed by atoms with E-state index in [4.69, 9.17) is 4.74 Å². The van der Waals surface area contributed by atoms with Crippen molar-refractivity contribution in [3.63, 3.8) is 0 Å². The van der Waals surface area contributed by atoms with Gasteiger partial charge in [0.2, 0.25) is 5.91 Å². The number of guanidine groups is 1. The molecule has 0 aliphatic rings. The lowest BCUT2D eigenvalue weighted by molar-refractivity contribution is -0.120. The summed E-state index contributed by atoms with van der Waals surface area (Å²) in [5.41, 5.74) is 0. The summed E-state index contributed by atoms with van der Waals surface area (Å²) in [4.78, 5) is 17.9. The molecule has 3 N–H and O–H groups in total. The number of rotatable bonds is 12. The van der Waals surface area contributed by atoms with E-state index in [9.17, 15) is 4.79 Å². The molecule has 130 valence electrons. The Hall–Kier alpha value is -1.34. The number of nitrogens with zero attached hydrogens (tertiary/aromatic N) is 2. The molecule has 7 nitrogen and oxygen atoms in total. The number of hydrogen-bond acceptors (Lipinski definition) is 4. The van der Waals surface area contributed by atoms with Crippen LogP contribution in [0.4, 0.5) is 0 Å². The maximum absolute atomic E-state index is 11.5. The van der Waals surface area contributed by atoms with E-state index < -0.39 is 0 Å². The van der Waals surface area contributed by atoms with Crippen LogP contribution in [-0.4, -0.2) is 77.3 Å². The molecule has 0 saturated carbocycles. The maximum atomic E-state index is 11.5. The Labute approximate surface area is 134 Å². The van der Waals surface area contributed by atoms with Gasteiger partial charge in [-0.3, -0.25) is 9.79 Å². The number of carbonyl (C=O) groups excluding carboxylic acids is 1. The fourth-order valence-electron chi connectivity index (χ4n) is 1.82. The van der Waals surface area contributed by atoms with Crippen molar-refractivity contribution in [3.8, 4) is 0 Å². The quantitative estimate of drug-likeness (QED) is 0.269. The molecule has 0 heterocycles. The highest BCUT2D eigenvalue weighted by molar-refractivity contribution is 5.81. The number of amides is 1. The summed E-state index contributed by atoms with van der Waals surface area (Å²) in [5.74, 6) is 0.802. The lowest BCUT2D eigenvalue weighted by atomic mass is 10.4. The Morgan fingerprint density at radius 3 is 2.50 bits per heavy atom. The average molecular weight is 315 g/mol. The first-order chi connectivity index (χ1) is 10.6. The maximum Gasteiger partial charge on any atom is 0.221 e. The van der Waals surface area contributed by atoms with E-state index in [-0.39, 0.29) is 5.91 Å². The Morgan fingerprint density at radius 1 is 1.14 bits per heavy atom. The molecule has 0 aromatic rings. The van der Waals surface area contributed by atoms with E-state index in [1.54, 1.807) is 14.2 Å². The molecule has 0 spiro atoms. The summed E-state index contributed by atoms with van der Waals surface area (Å²) in [5, 5.41) is 9.23. The number of hydrogen-bond donors (Lipinski definition) is 3. The molecule has 7 heteroatoms. The highest BCUT2D eigenvalue weighted by atomic mass is 16.5. The van der Waals surface area contributed by atoms with Crippen molar-refractivity contribution in [2.24, 2.45) is 4.99 Å².